The largest absolute Gasteiger partial charge is 0.358 e. The van der Waals surface area contributed by atoms with Crippen molar-refractivity contribution < 1.29 is 0 Å². The van der Waals surface area contributed by atoms with Gasteiger partial charge in [0.05, 0.1) is 10.0 Å². The number of hydrogen-bond donors (Lipinski definition) is 2. The third kappa shape index (κ3) is 4.60. The summed E-state index contributed by atoms with van der Waals surface area (Å²) in [5.41, 5.74) is 4.38. The zero-order chi connectivity index (χ0) is 15.4. The number of halogens is 2. The maximum Gasteiger partial charge on any atom is 0.171 e. The van der Waals surface area contributed by atoms with Crippen LogP contribution >= 0.6 is 35.4 Å². The highest BCUT2D eigenvalue weighted by Crippen LogP contribution is 2.22. The van der Waals surface area contributed by atoms with Gasteiger partial charge in [0.25, 0.3) is 0 Å². The van der Waals surface area contributed by atoms with Gasteiger partial charge in [-0.2, -0.15) is 0 Å². The number of hydrogen-bond acceptors (Lipinski definition) is 1. The van der Waals surface area contributed by atoms with Crippen LogP contribution in [0.15, 0.2) is 36.4 Å². The molecule has 0 heterocycles. The summed E-state index contributed by atoms with van der Waals surface area (Å²) in [5.74, 6) is 0. The summed E-state index contributed by atoms with van der Waals surface area (Å²) in [6, 6.07) is 11.7. The van der Waals surface area contributed by atoms with Crippen LogP contribution in [0.5, 0.6) is 0 Å². The van der Waals surface area contributed by atoms with Gasteiger partial charge in [-0.1, -0.05) is 41.4 Å². The molecule has 110 valence electrons. The monoisotopic (exact) mass is 338 g/mol. The zero-order valence-corrected chi connectivity index (χ0v) is 14.2. The van der Waals surface area contributed by atoms with E-state index in [1.165, 1.54) is 5.56 Å². The fraction of sp³-hybridized carbons (Fsp3) is 0.188. The maximum atomic E-state index is 5.99. The van der Waals surface area contributed by atoms with E-state index in [-0.39, 0.29) is 0 Å². The first-order chi connectivity index (χ1) is 9.95. The molecule has 0 bridgehead atoms. The van der Waals surface area contributed by atoms with Crippen molar-refractivity contribution in [3.05, 3.63) is 63.1 Å². The van der Waals surface area contributed by atoms with Gasteiger partial charge < -0.3 is 10.6 Å². The molecule has 21 heavy (non-hydrogen) atoms. The Kier molecular flexibility index (Phi) is 5.45. The molecule has 2 rings (SSSR count). The van der Waals surface area contributed by atoms with E-state index in [0.717, 1.165) is 16.8 Å². The molecule has 0 fully saturated rings. The van der Waals surface area contributed by atoms with E-state index in [1.54, 1.807) is 6.07 Å². The third-order valence-electron chi connectivity index (χ3n) is 3.08. The highest BCUT2D eigenvalue weighted by molar-refractivity contribution is 7.80. The third-order valence-corrected chi connectivity index (χ3v) is 4.06. The lowest BCUT2D eigenvalue weighted by Crippen LogP contribution is -2.28. The molecule has 0 saturated carbocycles. The van der Waals surface area contributed by atoms with Gasteiger partial charge in [-0.3, -0.25) is 0 Å². The Balaban J connectivity index is 1.95. The molecule has 0 spiro atoms. The van der Waals surface area contributed by atoms with Gasteiger partial charge in [0.2, 0.25) is 0 Å². The van der Waals surface area contributed by atoms with E-state index in [2.05, 4.69) is 35.8 Å². The minimum Gasteiger partial charge on any atom is -0.358 e. The summed E-state index contributed by atoms with van der Waals surface area (Å²) in [6.45, 7) is 4.69. The standard InChI is InChI=1S/C16H16Cl2N2S/c1-10-3-4-11(2)15(7-10)20-16(21)19-9-12-5-6-13(17)14(18)8-12/h3-8H,9H2,1-2H3,(H2,19,20,21). The molecule has 0 unspecified atom stereocenters. The minimum atomic E-state index is 0.546. The van der Waals surface area contributed by atoms with Crippen molar-refractivity contribution in [2.75, 3.05) is 5.32 Å². The molecule has 2 nitrogen and oxygen atoms in total. The quantitative estimate of drug-likeness (QED) is 0.761. The summed E-state index contributed by atoms with van der Waals surface area (Å²) in [7, 11) is 0. The van der Waals surface area contributed by atoms with Crippen LogP contribution < -0.4 is 10.6 Å². The SMILES string of the molecule is Cc1ccc(C)c(NC(=S)NCc2ccc(Cl)c(Cl)c2)c1. The van der Waals surface area contributed by atoms with Crippen molar-refractivity contribution in [1.82, 2.24) is 5.32 Å². The van der Waals surface area contributed by atoms with E-state index in [9.17, 15) is 0 Å². The van der Waals surface area contributed by atoms with Gasteiger partial charge >= 0.3 is 0 Å². The van der Waals surface area contributed by atoms with Gasteiger partial charge in [-0.25, -0.2) is 0 Å². The number of anilines is 1. The Morgan fingerprint density at radius 2 is 1.81 bits per heavy atom. The molecule has 2 aromatic carbocycles. The Labute approximate surface area is 140 Å². The second kappa shape index (κ2) is 7.12. The molecular formula is C16H16Cl2N2S. The van der Waals surface area contributed by atoms with E-state index in [1.807, 2.05) is 19.1 Å². The fourth-order valence-electron chi connectivity index (χ4n) is 1.87. The molecule has 0 aliphatic heterocycles. The number of nitrogens with one attached hydrogen (secondary N) is 2. The van der Waals surface area contributed by atoms with Crippen LogP contribution in [0.1, 0.15) is 16.7 Å². The van der Waals surface area contributed by atoms with Gasteiger partial charge in [-0.05, 0) is 61.0 Å². The zero-order valence-electron chi connectivity index (χ0n) is 11.8. The summed E-state index contributed by atoms with van der Waals surface area (Å²) >= 11 is 17.2. The van der Waals surface area contributed by atoms with Crippen molar-refractivity contribution in [2.24, 2.45) is 0 Å². The van der Waals surface area contributed by atoms with Gasteiger partial charge in [0.15, 0.2) is 5.11 Å². The lowest BCUT2D eigenvalue weighted by molar-refractivity contribution is 0.926. The molecule has 0 aromatic heterocycles. The van der Waals surface area contributed by atoms with Crippen molar-refractivity contribution in [2.45, 2.75) is 20.4 Å². The molecule has 0 aliphatic carbocycles. The van der Waals surface area contributed by atoms with Crippen LogP contribution in [0, 0.1) is 13.8 Å². The number of rotatable bonds is 3. The minimum absolute atomic E-state index is 0.546. The lowest BCUT2D eigenvalue weighted by Gasteiger charge is -2.13. The molecule has 0 atom stereocenters. The summed E-state index contributed by atoms with van der Waals surface area (Å²) in [4.78, 5) is 0. The van der Waals surface area contributed by atoms with Crippen LogP contribution in [0.3, 0.4) is 0 Å². The first-order valence-corrected chi connectivity index (χ1v) is 7.68. The van der Waals surface area contributed by atoms with Crippen LogP contribution in [-0.2, 0) is 6.54 Å². The molecule has 5 heteroatoms. The summed E-state index contributed by atoms with van der Waals surface area (Å²) < 4.78 is 0. The molecule has 2 N–H and O–H groups in total. The van der Waals surface area contributed by atoms with Crippen LogP contribution in [-0.4, -0.2) is 5.11 Å². The van der Waals surface area contributed by atoms with Crippen LogP contribution in [0.4, 0.5) is 5.69 Å². The van der Waals surface area contributed by atoms with Gasteiger partial charge in [-0.15, -0.1) is 0 Å². The molecule has 2 aromatic rings. The second-order valence-electron chi connectivity index (χ2n) is 4.87. The normalized spacial score (nSPS) is 10.3. The average Bonchev–Trinajstić information content (AvgIpc) is 2.44. The van der Waals surface area contributed by atoms with Crippen molar-refractivity contribution in [3.8, 4) is 0 Å². The topological polar surface area (TPSA) is 24.1 Å². The Morgan fingerprint density at radius 3 is 2.52 bits per heavy atom. The average molecular weight is 339 g/mol. The smallest absolute Gasteiger partial charge is 0.171 e. The maximum absolute atomic E-state index is 5.99. The first kappa shape index (κ1) is 16.1. The number of aryl methyl sites for hydroxylation is 2. The number of thiocarbonyl (C=S) groups is 1. The first-order valence-electron chi connectivity index (χ1n) is 6.52. The lowest BCUT2D eigenvalue weighted by atomic mass is 10.1. The predicted octanol–water partition coefficient (Wildman–Crippen LogP) is 5.10. The van der Waals surface area contributed by atoms with E-state index in [4.69, 9.17) is 35.4 Å². The second-order valence-corrected chi connectivity index (χ2v) is 6.10. The van der Waals surface area contributed by atoms with Crippen molar-refractivity contribution in [1.29, 1.82) is 0 Å². The van der Waals surface area contributed by atoms with Gasteiger partial charge in [0.1, 0.15) is 0 Å². The van der Waals surface area contributed by atoms with Crippen molar-refractivity contribution in [3.63, 3.8) is 0 Å². The van der Waals surface area contributed by atoms with E-state index < -0.39 is 0 Å². The van der Waals surface area contributed by atoms with E-state index in [0.29, 0.717) is 21.7 Å². The molecule has 0 saturated heterocycles. The highest BCUT2D eigenvalue weighted by atomic mass is 35.5. The van der Waals surface area contributed by atoms with Crippen LogP contribution in [0.25, 0.3) is 0 Å². The molecule has 0 aliphatic rings. The molecular weight excluding hydrogens is 323 g/mol. The highest BCUT2D eigenvalue weighted by Gasteiger charge is 2.03. The summed E-state index contributed by atoms with van der Waals surface area (Å²) in [5, 5.41) is 8.04. The Hall–Kier alpha value is -1.29. The summed E-state index contributed by atoms with van der Waals surface area (Å²) in [6.07, 6.45) is 0. The van der Waals surface area contributed by atoms with Gasteiger partial charge in [0, 0.05) is 12.2 Å². The number of benzene rings is 2. The van der Waals surface area contributed by atoms with E-state index >= 15 is 0 Å². The molecule has 0 radical (unpaired) electrons. The van der Waals surface area contributed by atoms with Crippen molar-refractivity contribution >= 4 is 46.2 Å². The van der Waals surface area contributed by atoms with Crippen LogP contribution in [0.2, 0.25) is 10.0 Å². The Bertz CT molecular complexity index is 671. The Morgan fingerprint density at radius 1 is 1.05 bits per heavy atom. The molecule has 0 amide bonds. The predicted molar refractivity (Wildman–Crippen MR) is 95.4 cm³/mol. The fourth-order valence-corrected chi connectivity index (χ4v) is 2.37.